The standard InChI is InChI=1S/C23H32N4O2/c1-17-8-9-21-20(12-17)23-19(16-29-21)14-26-27(23)15-22(28)25-11-10-24-13-18-6-4-2-3-5-7-18/h8-9,12,14,18,24H,2-7,10-11,13,15-16H2,1H3,(H,25,28). The van der Waals surface area contributed by atoms with E-state index in [1.807, 2.05) is 18.3 Å². The van der Waals surface area contributed by atoms with Crippen LogP contribution in [0.1, 0.15) is 49.7 Å². The molecule has 1 amide bonds. The molecule has 4 rings (SSSR count). The molecule has 156 valence electrons. The number of aromatic nitrogens is 2. The summed E-state index contributed by atoms with van der Waals surface area (Å²) in [6.07, 6.45) is 10.0. The molecule has 1 saturated carbocycles. The Balaban J connectivity index is 1.26. The van der Waals surface area contributed by atoms with Crippen LogP contribution in [-0.2, 0) is 17.9 Å². The molecular weight excluding hydrogens is 364 g/mol. The van der Waals surface area contributed by atoms with Gasteiger partial charge in [0.2, 0.25) is 5.91 Å². The minimum atomic E-state index is -0.00661. The topological polar surface area (TPSA) is 68.2 Å². The first-order valence-corrected chi connectivity index (χ1v) is 11.0. The lowest BCUT2D eigenvalue weighted by atomic mass is 10.0. The van der Waals surface area contributed by atoms with E-state index >= 15 is 0 Å². The lowest BCUT2D eigenvalue weighted by Gasteiger charge is -2.20. The zero-order valence-corrected chi connectivity index (χ0v) is 17.4. The van der Waals surface area contributed by atoms with E-state index in [0.29, 0.717) is 13.2 Å². The summed E-state index contributed by atoms with van der Waals surface area (Å²) in [5.41, 5.74) is 4.20. The Labute approximate surface area is 173 Å². The van der Waals surface area contributed by atoms with Gasteiger partial charge in [0.1, 0.15) is 18.9 Å². The Bertz CT molecular complexity index is 837. The number of aryl methyl sites for hydroxylation is 1. The average Bonchev–Trinajstić information content (AvgIpc) is 2.94. The largest absolute Gasteiger partial charge is 0.488 e. The van der Waals surface area contributed by atoms with Crippen molar-refractivity contribution in [3.05, 3.63) is 35.5 Å². The van der Waals surface area contributed by atoms with E-state index in [-0.39, 0.29) is 12.5 Å². The van der Waals surface area contributed by atoms with Crippen molar-refractivity contribution in [2.75, 3.05) is 19.6 Å². The van der Waals surface area contributed by atoms with E-state index < -0.39 is 0 Å². The van der Waals surface area contributed by atoms with E-state index in [2.05, 4.69) is 28.7 Å². The molecule has 29 heavy (non-hydrogen) atoms. The summed E-state index contributed by atoms with van der Waals surface area (Å²) in [5.74, 6) is 1.65. The van der Waals surface area contributed by atoms with Crippen molar-refractivity contribution in [1.82, 2.24) is 20.4 Å². The fourth-order valence-electron chi connectivity index (χ4n) is 4.43. The minimum Gasteiger partial charge on any atom is -0.488 e. The molecule has 1 aromatic carbocycles. The second-order valence-corrected chi connectivity index (χ2v) is 8.38. The van der Waals surface area contributed by atoms with Crippen LogP contribution in [0.2, 0.25) is 0 Å². The highest BCUT2D eigenvalue weighted by molar-refractivity contribution is 5.78. The molecule has 6 heteroatoms. The molecule has 1 fully saturated rings. The van der Waals surface area contributed by atoms with Gasteiger partial charge in [0, 0.05) is 24.2 Å². The molecule has 1 aliphatic carbocycles. The maximum Gasteiger partial charge on any atom is 0.241 e. The summed E-state index contributed by atoms with van der Waals surface area (Å²) in [6, 6.07) is 6.13. The van der Waals surface area contributed by atoms with E-state index in [4.69, 9.17) is 4.74 Å². The monoisotopic (exact) mass is 396 g/mol. The maximum absolute atomic E-state index is 12.5. The molecule has 0 spiro atoms. The van der Waals surface area contributed by atoms with Gasteiger partial charge in [-0.1, -0.05) is 37.3 Å². The Morgan fingerprint density at radius 3 is 2.86 bits per heavy atom. The highest BCUT2D eigenvalue weighted by atomic mass is 16.5. The molecular formula is C23H32N4O2. The van der Waals surface area contributed by atoms with Gasteiger partial charge in [-0.3, -0.25) is 9.48 Å². The fraction of sp³-hybridized carbons (Fsp3) is 0.565. The number of amides is 1. The second kappa shape index (κ2) is 9.44. The first-order chi connectivity index (χ1) is 14.2. The molecule has 0 saturated heterocycles. The number of rotatable bonds is 7. The van der Waals surface area contributed by atoms with Crippen LogP contribution in [0, 0.1) is 12.8 Å². The molecule has 2 aromatic rings. The van der Waals surface area contributed by atoms with Gasteiger partial charge in [0.25, 0.3) is 0 Å². The third-order valence-corrected chi connectivity index (χ3v) is 6.01. The van der Waals surface area contributed by atoms with Crippen molar-refractivity contribution in [1.29, 1.82) is 0 Å². The van der Waals surface area contributed by atoms with Gasteiger partial charge in [-0.25, -0.2) is 0 Å². The maximum atomic E-state index is 12.5. The van der Waals surface area contributed by atoms with E-state index in [0.717, 1.165) is 47.1 Å². The normalized spacial score (nSPS) is 16.4. The second-order valence-electron chi connectivity index (χ2n) is 8.38. The number of fused-ring (bicyclic) bond motifs is 3. The first kappa shape index (κ1) is 20.0. The molecule has 0 atom stereocenters. The van der Waals surface area contributed by atoms with Crippen LogP contribution in [0.4, 0.5) is 0 Å². The van der Waals surface area contributed by atoms with Gasteiger partial charge >= 0.3 is 0 Å². The van der Waals surface area contributed by atoms with Gasteiger partial charge in [0.15, 0.2) is 0 Å². The quantitative estimate of drug-likeness (QED) is 0.556. The number of benzene rings is 1. The van der Waals surface area contributed by atoms with Crippen molar-refractivity contribution in [2.24, 2.45) is 5.92 Å². The number of hydrogen-bond donors (Lipinski definition) is 2. The summed E-state index contributed by atoms with van der Waals surface area (Å²) in [6.45, 7) is 5.31. The van der Waals surface area contributed by atoms with Crippen molar-refractivity contribution < 1.29 is 9.53 Å². The molecule has 0 radical (unpaired) electrons. The van der Waals surface area contributed by atoms with Gasteiger partial charge in [0.05, 0.1) is 11.9 Å². The predicted molar refractivity (Wildman–Crippen MR) is 114 cm³/mol. The highest BCUT2D eigenvalue weighted by Crippen LogP contribution is 2.37. The third-order valence-electron chi connectivity index (χ3n) is 6.01. The number of nitrogens with zero attached hydrogens (tertiary/aromatic N) is 2. The number of nitrogens with one attached hydrogen (secondary N) is 2. The average molecular weight is 397 g/mol. The SMILES string of the molecule is Cc1ccc2c(c1)-c1c(cnn1CC(=O)NCCNCC1CCCCCC1)CO2. The van der Waals surface area contributed by atoms with Gasteiger partial charge in [-0.2, -0.15) is 5.10 Å². The van der Waals surface area contributed by atoms with Crippen LogP contribution in [0.25, 0.3) is 11.3 Å². The summed E-state index contributed by atoms with van der Waals surface area (Å²) >= 11 is 0. The number of hydrogen-bond acceptors (Lipinski definition) is 4. The summed E-state index contributed by atoms with van der Waals surface area (Å²) < 4.78 is 7.61. The Morgan fingerprint density at radius 2 is 2.03 bits per heavy atom. The molecule has 2 N–H and O–H groups in total. The third kappa shape index (κ3) is 4.99. The lowest BCUT2D eigenvalue weighted by molar-refractivity contribution is -0.121. The van der Waals surface area contributed by atoms with Crippen LogP contribution in [0.3, 0.4) is 0 Å². The number of ether oxygens (including phenoxy) is 1. The van der Waals surface area contributed by atoms with Crippen LogP contribution >= 0.6 is 0 Å². The van der Waals surface area contributed by atoms with Crippen molar-refractivity contribution >= 4 is 5.91 Å². The molecule has 0 unspecified atom stereocenters. The van der Waals surface area contributed by atoms with Crippen LogP contribution < -0.4 is 15.4 Å². The predicted octanol–water partition coefficient (Wildman–Crippen LogP) is 3.43. The Kier molecular flexibility index (Phi) is 6.49. The van der Waals surface area contributed by atoms with Crippen LogP contribution in [0.5, 0.6) is 5.75 Å². The molecule has 6 nitrogen and oxygen atoms in total. The van der Waals surface area contributed by atoms with Crippen molar-refractivity contribution in [3.63, 3.8) is 0 Å². The van der Waals surface area contributed by atoms with Gasteiger partial charge in [-0.15, -0.1) is 0 Å². The molecule has 2 heterocycles. The van der Waals surface area contributed by atoms with E-state index in [9.17, 15) is 4.79 Å². The zero-order chi connectivity index (χ0) is 20.1. The van der Waals surface area contributed by atoms with Crippen molar-refractivity contribution in [3.8, 4) is 17.0 Å². The van der Waals surface area contributed by atoms with Gasteiger partial charge < -0.3 is 15.4 Å². The summed E-state index contributed by atoms with van der Waals surface area (Å²) in [7, 11) is 0. The lowest BCUT2D eigenvalue weighted by Crippen LogP contribution is -2.35. The number of carbonyl (C=O) groups is 1. The number of carbonyl (C=O) groups excluding carboxylic acids is 1. The smallest absolute Gasteiger partial charge is 0.241 e. The summed E-state index contributed by atoms with van der Waals surface area (Å²) in [4.78, 5) is 12.5. The van der Waals surface area contributed by atoms with E-state index in [1.165, 1.54) is 38.5 Å². The Morgan fingerprint density at radius 1 is 1.21 bits per heavy atom. The minimum absolute atomic E-state index is 0.00661. The van der Waals surface area contributed by atoms with Gasteiger partial charge in [-0.05, 0) is 44.4 Å². The van der Waals surface area contributed by atoms with E-state index in [1.54, 1.807) is 4.68 Å². The van der Waals surface area contributed by atoms with Crippen LogP contribution in [-0.4, -0.2) is 35.3 Å². The first-order valence-electron chi connectivity index (χ1n) is 11.0. The zero-order valence-electron chi connectivity index (χ0n) is 17.4. The molecule has 1 aliphatic heterocycles. The molecule has 2 aliphatic rings. The summed E-state index contributed by atoms with van der Waals surface area (Å²) in [5, 5.41) is 11.0. The molecule has 1 aromatic heterocycles. The Hall–Kier alpha value is -2.34. The fourth-order valence-corrected chi connectivity index (χ4v) is 4.43. The van der Waals surface area contributed by atoms with Crippen molar-refractivity contribution in [2.45, 2.75) is 58.6 Å². The highest BCUT2D eigenvalue weighted by Gasteiger charge is 2.23. The van der Waals surface area contributed by atoms with Crippen LogP contribution in [0.15, 0.2) is 24.4 Å². The molecule has 0 bridgehead atoms.